The lowest BCUT2D eigenvalue weighted by molar-refractivity contribution is -0.146. The van der Waals surface area contributed by atoms with Crippen molar-refractivity contribution in [3.8, 4) is 0 Å². The van der Waals surface area contributed by atoms with Crippen molar-refractivity contribution in [2.45, 2.75) is 105 Å². The number of rotatable bonds is 8. The molecular formula is C32H45N3O4. The summed E-state index contributed by atoms with van der Waals surface area (Å²) in [7, 11) is 0. The van der Waals surface area contributed by atoms with Crippen molar-refractivity contribution in [1.82, 2.24) is 10.2 Å². The molecular weight excluding hydrogens is 490 g/mol. The summed E-state index contributed by atoms with van der Waals surface area (Å²) >= 11 is 0. The minimum atomic E-state index is -0.858. The fraction of sp³-hybridized carbons (Fsp3) is 0.531. The minimum Gasteiger partial charge on any atom is -0.444 e. The van der Waals surface area contributed by atoms with Crippen LogP contribution in [0.5, 0.6) is 0 Å². The van der Waals surface area contributed by atoms with Gasteiger partial charge in [-0.3, -0.25) is 9.59 Å². The predicted octanol–water partition coefficient (Wildman–Crippen LogP) is 6.53. The number of nitrogens with one attached hydrogen (secondary N) is 2. The van der Waals surface area contributed by atoms with Gasteiger partial charge in [0.25, 0.3) is 5.91 Å². The summed E-state index contributed by atoms with van der Waals surface area (Å²) in [5.41, 5.74) is 4.70. The van der Waals surface area contributed by atoms with Gasteiger partial charge in [0.2, 0.25) is 5.91 Å². The maximum absolute atomic E-state index is 14.4. The molecule has 0 saturated heterocycles. The molecule has 7 nitrogen and oxygen atoms in total. The molecule has 0 aliphatic heterocycles. The Morgan fingerprint density at radius 2 is 1.56 bits per heavy atom. The van der Waals surface area contributed by atoms with Gasteiger partial charge < -0.3 is 20.3 Å². The molecule has 3 amide bonds. The van der Waals surface area contributed by atoms with Crippen LogP contribution in [0.15, 0.2) is 36.4 Å². The largest absolute Gasteiger partial charge is 0.444 e. The van der Waals surface area contributed by atoms with Gasteiger partial charge in [-0.2, -0.15) is 0 Å². The third-order valence-electron chi connectivity index (χ3n) is 7.31. The summed E-state index contributed by atoms with van der Waals surface area (Å²) < 4.78 is 5.48. The van der Waals surface area contributed by atoms with Crippen molar-refractivity contribution in [2.75, 3.05) is 5.32 Å². The van der Waals surface area contributed by atoms with Crippen LogP contribution < -0.4 is 10.6 Å². The van der Waals surface area contributed by atoms with Crippen LogP contribution in [-0.2, 0) is 14.3 Å². The number of benzene rings is 2. The maximum Gasteiger partial charge on any atom is 0.408 e. The molecule has 0 aromatic heterocycles. The lowest BCUT2D eigenvalue weighted by Gasteiger charge is -2.44. The van der Waals surface area contributed by atoms with E-state index in [2.05, 4.69) is 10.6 Å². The molecule has 1 aliphatic rings. The van der Waals surface area contributed by atoms with Gasteiger partial charge in [0, 0.05) is 11.7 Å². The van der Waals surface area contributed by atoms with Gasteiger partial charge in [0.1, 0.15) is 17.7 Å². The van der Waals surface area contributed by atoms with Crippen molar-refractivity contribution in [3.05, 3.63) is 64.2 Å². The molecule has 1 aliphatic carbocycles. The zero-order valence-electron chi connectivity index (χ0n) is 25.0. The third kappa shape index (κ3) is 7.40. The summed E-state index contributed by atoms with van der Waals surface area (Å²) in [5, 5.41) is 5.97. The molecule has 2 aromatic carbocycles. The van der Waals surface area contributed by atoms with E-state index in [4.69, 9.17) is 4.74 Å². The molecule has 7 heteroatoms. The van der Waals surface area contributed by atoms with Gasteiger partial charge in [0.05, 0.1) is 0 Å². The Labute approximate surface area is 233 Å². The van der Waals surface area contributed by atoms with E-state index in [1.165, 1.54) is 0 Å². The molecule has 2 aromatic rings. The Morgan fingerprint density at radius 1 is 0.949 bits per heavy atom. The second-order valence-corrected chi connectivity index (χ2v) is 12.2. The molecule has 2 atom stereocenters. The first-order chi connectivity index (χ1) is 18.2. The number of aryl methyl sites for hydroxylation is 4. The van der Waals surface area contributed by atoms with E-state index >= 15 is 0 Å². The van der Waals surface area contributed by atoms with Crippen molar-refractivity contribution >= 4 is 23.6 Å². The van der Waals surface area contributed by atoms with Crippen LogP contribution in [0.3, 0.4) is 0 Å². The molecule has 1 fully saturated rings. The molecule has 0 spiro atoms. The average molecular weight is 536 g/mol. The summed E-state index contributed by atoms with van der Waals surface area (Å²) in [4.78, 5) is 43.1. The second-order valence-electron chi connectivity index (χ2n) is 12.2. The summed E-state index contributed by atoms with van der Waals surface area (Å²) in [6.45, 7) is 17.0. The van der Waals surface area contributed by atoms with E-state index < -0.39 is 23.8 Å². The third-order valence-corrected chi connectivity index (χ3v) is 7.31. The van der Waals surface area contributed by atoms with Gasteiger partial charge >= 0.3 is 6.09 Å². The van der Waals surface area contributed by atoms with Crippen LogP contribution in [0.4, 0.5) is 10.5 Å². The number of nitrogens with zero attached hydrogens (tertiary/aromatic N) is 1. The Kier molecular flexibility index (Phi) is 9.47. The van der Waals surface area contributed by atoms with Gasteiger partial charge in [-0.15, -0.1) is 0 Å². The second kappa shape index (κ2) is 12.2. The first-order valence-electron chi connectivity index (χ1n) is 14.0. The summed E-state index contributed by atoms with van der Waals surface area (Å²) in [5.74, 6) is -0.752. The standard InChI is InChI=1S/C32H45N3O4/c1-19(2)26(34-31(38)39-32(7,8)9)30(37)35(24-14-11-15-24)28(25-18-20(3)16-17-21(25)4)29(36)33-27-22(5)12-10-13-23(27)6/h10,12-13,16-19,24,26,28H,11,14-15H2,1-9H3,(H,33,36)(H,34,38). The smallest absolute Gasteiger partial charge is 0.408 e. The van der Waals surface area contributed by atoms with E-state index in [1.807, 2.05) is 77.9 Å². The molecule has 0 radical (unpaired) electrons. The highest BCUT2D eigenvalue weighted by Gasteiger charge is 2.43. The number of hydrogen-bond acceptors (Lipinski definition) is 4. The number of carbonyl (C=O) groups excluding carboxylic acids is 3. The van der Waals surface area contributed by atoms with Gasteiger partial charge in [-0.05, 0) is 95.9 Å². The zero-order valence-corrected chi connectivity index (χ0v) is 25.0. The van der Waals surface area contributed by atoms with Crippen LogP contribution in [0.2, 0.25) is 0 Å². The monoisotopic (exact) mass is 535 g/mol. The van der Waals surface area contributed by atoms with Crippen molar-refractivity contribution in [2.24, 2.45) is 5.92 Å². The first kappa shape index (κ1) is 30.2. The van der Waals surface area contributed by atoms with E-state index in [0.717, 1.165) is 52.8 Å². The normalized spacial score (nSPS) is 15.2. The van der Waals surface area contributed by atoms with Crippen LogP contribution in [0.1, 0.15) is 87.7 Å². The molecule has 0 bridgehead atoms. The van der Waals surface area contributed by atoms with E-state index in [-0.39, 0.29) is 23.8 Å². The fourth-order valence-corrected chi connectivity index (χ4v) is 4.97. The number of carbonyl (C=O) groups is 3. The quantitative estimate of drug-likeness (QED) is 0.402. The Hall–Kier alpha value is -3.35. The first-order valence-corrected chi connectivity index (χ1v) is 14.0. The van der Waals surface area contributed by atoms with Crippen LogP contribution >= 0.6 is 0 Å². The Balaban J connectivity index is 2.09. The zero-order chi connectivity index (χ0) is 29.1. The Morgan fingerprint density at radius 3 is 2.08 bits per heavy atom. The summed E-state index contributed by atoms with van der Waals surface area (Å²) in [6.07, 6.45) is 1.95. The Bertz CT molecular complexity index is 1190. The molecule has 0 heterocycles. The van der Waals surface area contributed by atoms with Gasteiger partial charge in [0.15, 0.2) is 0 Å². The predicted molar refractivity (Wildman–Crippen MR) is 156 cm³/mol. The van der Waals surface area contributed by atoms with Crippen LogP contribution in [0, 0.1) is 33.6 Å². The number of para-hydroxylation sites is 1. The number of ether oxygens (including phenoxy) is 1. The van der Waals surface area contributed by atoms with Gasteiger partial charge in [-0.25, -0.2) is 4.79 Å². The number of anilines is 1. The molecule has 3 rings (SSSR count). The highest BCUT2D eigenvalue weighted by atomic mass is 16.6. The SMILES string of the molecule is Cc1ccc(C)c(C(C(=O)Nc2c(C)cccc2C)N(C(=O)C(NC(=O)OC(C)(C)C)C(C)C)C2CCC2)c1. The molecule has 212 valence electrons. The lowest BCUT2D eigenvalue weighted by atomic mass is 9.86. The van der Waals surface area contributed by atoms with Gasteiger partial charge in [-0.1, -0.05) is 55.8 Å². The minimum absolute atomic E-state index is 0.104. The fourth-order valence-electron chi connectivity index (χ4n) is 4.97. The molecule has 1 saturated carbocycles. The van der Waals surface area contributed by atoms with E-state index in [9.17, 15) is 14.4 Å². The van der Waals surface area contributed by atoms with Crippen LogP contribution in [0.25, 0.3) is 0 Å². The summed E-state index contributed by atoms with van der Waals surface area (Å²) in [6, 6.07) is 10.1. The highest BCUT2D eigenvalue weighted by Crippen LogP contribution is 2.36. The average Bonchev–Trinajstić information content (AvgIpc) is 2.78. The number of hydrogen-bond donors (Lipinski definition) is 2. The molecule has 2 N–H and O–H groups in total. The van der Waals surface area contributed by atoms with Crippen molar-refractivity contribution < 1.29 is 19.1 Å². The van der Waals surface area contributed by atoms with E-state index in [0.29, 0.717) is 0 Å². The highest BCUT2D eigenvalue weighted by molar-refractivity contribution is 6.00. The molecule has 2 unspecified atom stereocenters. The van der Waals surface area contributed by atoms with Crippen LogP contribution in [-0.4, -0.2) is 40.5 Å². The van der Waals surface area contributed by atoms with Crippen molar-refractivity contribution in [3.63, 3.8) is 0 Å². The number of alkyl carbamates (subject to hydrolysis) is 1. The molecule has 39 heavy (non-hydrogen) atoms. The number of amides is 3. The topological polar surface area (TPSA) is 87.7 Å². The maximum atomic E-state index is 14.4. The van der Waals surface area contributed by atoms with Crippen molar-refractivity contribution in [1.29, 1.82) is 0 Å². The van der Waals surface area contributed by atoms with E-state index in [1.54, 1.807) is 25.7 Å². The lowest BCUT2D eigenvalue weighted by Crippen LogP contribution is -2.58.